The van der Waals surface area contributed by atoms with Gasteiger partial charge in [0.2, 0.25) is 5.91 Å². The molecule has 1 aromatic rings. The van der Waals surface area contributed by atoms with E-state index in [2.05, 4.69) is 15.6 Å². The number of hydrogen-bond acceptors (Lipinski definition) is 3. The van der Waals surface area contributed by atoms with Crippen LogP contribution in [0.25, 0.3) is 0 Å². The van der Waals surface area contributed by atoms with Gasteiger partial charge >= 0.3 is 0 Å². The fraction of sp³-hybridized carbons (Fsp3) is 0.462. The van der Waals surface area contributed by atoms with E-state index >= 15 is 0 Å². The number of pyridine rings is 1. The molecule has 0 aromatic carbocycles. The smallest absolute Gasteiger partial charge is 0.255 e. The third-order valence-electron chi connectivity index (χ3n) is 2.48. The zero-order chi connectivity index (χ0) is 15.3. The first kappa shape index (κ1) is 16.7. The van der Waals surface area contributed by atoms with Crippen molar-refractivity contribution in [1.29, 1.82) is 0 Å². The Morgan fingerprint density at radius 1 is 1.25 bits per heavy atom. The van der Waals surface area contributed by atoms with E-state index in [1.807, 2.05) is 13.8 Å². The van der Waals surface area contributed by atoms with Crippen molar-refractivity contribution in [3.05, 3.63) is 28.0 Å². The Balaban J connectivity index is 2.63. The number of halogens is 2. The second kappa shape index (κ2) is 7.45. The van der Waals surface area contributed by atoms with E-state index in [4.69, 9.17) is 23.2 Å². The molecule has 1 atom stereocenters. The lowest BCUT2D eigenvalue weighted by Gasteiger charge is -2.15. The first-order valence-electron chi connectivity index (χ1n) is 6.22. The molecule has 5 nitrogen and oxygen atoms in total. The van der Waals surface area contributed by atoms with Crippen LogP contribution in [0, 0.1) is 5.92 Å². The minimum absolute atomic E-state index is 0.00443. The first-order valence-corrected chi connectivity index (χ1v) is 6.97. The molecule has 110 valence electrons. The van der Waals surface area contributed by atoms with Crippen LogP contribution in [0.15, 0.2) is 12.1 Å². The van der Waals surface area contributed by atoms with Crippen molar-refractivity contribution in [2.45, 2.75) is 26.8 Å². The summed E-state index contributed by atoms with van der Waals surface area (Å²) < 4.78 is 0. The molecule has 0 saturated heterocycles. The Kier molecular flexibility index (Phi) is 6.23. The Hall–Kier alpha value is -1.33. The van der Waals surface area contributed by atoms with Crippen molar-refractivity contribution in [3.63, 3.8) is 0 Å². The van der Waals surface area contributed by atoms with Gasteiger partial charge in [0.25, 0.3) is 5.91 Å². The summed E-state index contributed by atoms with van der Waals surface area (Å²) in [7, 11) is 0. The van der Waals surface area contributed by atoms with E-state index in [9.17, 15) is 9.59 Å². The van der Waals surface area contributed by atoms with Gasteiger partial charge in [-0.3, -0.25) is 9.59 Å². The van der Waals surface area contributed by atoms with Crippen LogP contribution >= 0.6 is 23.2 Å². The number of aromatic nitrogens is 1. The van der Waals surface area contributed by atoms with Gasteiger partial charge in [-0.1, -0.05) is 37.0 Å². The van der Waals surface area contributed by atoms with Gasteiger partial charge in [0, 0.05) is 6.54 Å². The zero-order valence-corrected chi connectivity index (χ0v) is 13.0. The normalized spacial score (nSPS) is 12.1. The summed E-state index contributed by atoms with van der Waals surface area (Å²) in [6.45, 7) is 6.14. The van der Waals surface area contributed by atoms with Crippen molar-refractivity contribution in [1.82, 2.24) is 15.6 Å². The topological polar surface area (TPSA) is 71.1 Å². The molecule has 0 bridgehead atoms. The molecule has 1 heterocycles. The number of nitrogens with zero attached hydrogens (tertiary/aromatic N) is 1. The highest BCUT2D eigenvalue weighted by molar-refractivity contribution is 6.34. The maximum atomic E-state index is 12.0. The lowest BCUT2D eigenvalue weighted by atomic mass is 10.2. The van der Waals surface area contributed by atoms with Crippen LogP contribution in [-0.2, 0) is 4.79 Å². The van der Waals surface area contributed by atoms with Gasteiger partial charge in [0.15, 0.2) is 0 Å². The number of carbonyl (C=O) groups is 2. The fourth-order valence-corrected chi connectivity index (χ4v) is 1.81. The zero-order valence-electron chi connectivity index (χ0n) is 11.5. The van der Waals surface area contributed by atoms with E-state index in [0.717, 1.165) is 0 Å². The molecule has 2 N–H and O–H groups in total. The third kappa shape index (κ3) is 4.98. The number of rotatable bonds is 5. The molecule has 2 amide bonds. The summed E-state index contributed by atoms with van der Waals surface area (Å²) in [4.78, 5) is 27.5. The number of carbonyl (C=O) groups excluding carboxylic acids is 2. The van der Waals surface area contributed by atoms with Crippen LogP contribution in [0.5, 0.6) is 0 Å². The van der Waals surface area contributed by atoms with E-state index in [0.29, 0.717) is 12.5 Å². The minimum Gasteiger partial charge on any atom is -0.354 e. The highest BCUT2D eigenvalue weighted by atomic mass is 35.5. The van der Waals surface area contributed by atoms with Crippen LogP contribution in [-0.4, -0.2) is 29.4 Å². The number of hydrogen-bond donors (Lipinski definition) is 2. The third-order valence-corrected chi connectivity index (χ3v) is 2.98. The summed E-state index contributed by atoms with van der Waals surface area (Å²) in [6, 6.07) is 2.27. The van der Waals surface area contributed by atoms with Crippen molar-refractivity contribution >= 4 is 35.0 Å². The Labute approximate surface area is 128 Å². The van der Waals surface area contributed by atoms with E-state index in [-0.39, 0.29) is 21.8 Å². The molecular formula is C13H17Cl2N3O2. The highest BCUT2D eigenvalue weighted by Gasteiger charge is 2.18. The fourth-order valence-electron chi connectivity index (χ4n) is 1.38. The van der Waals surface area contributed by atoms with E-state index in [1.165, 1.54) is 12.1 Å². The highest BCUT2D eigenvalue weighted by Crippen LogP contribution is 2.16. The summed E-state index contributed by atoms with van der Waals surface area (Å²) in [6.07, 6.45) is 0. The van der Waals surface area contributed by atoms with Crippen LogP contribution in [0.3, 0.4) is 0 Å². The second-order valence-corrected chi connectivity index (χ2v) is 5.55. The minimum atomic E-state index is -0.659. The Morgan fingerprint density at radius 3 is 2.45 bits per heavy atom. The summed E-state index contributed by atoms with van der Waals surface area (Å²) in [5.41, 5.74) is 0.180. The number of nitrogens with one attached hydrogen (secondary N) is 2. The molecule has 7 heteroatoms. The van der Waals surface area contributed by atoms with E-state index < -0.39 is 11.9 Å². The van der Waals surface area contributed by atoms with Gasteiger partial charge in [-0.05, 0) is 25.0 Å². The summed E-state index contributed by atoms with van der Waals surface area (Å²) in [5.74, 6) is -0.367. The van der Waals surface area contributed by atoms with Crippen molar-refractivity contribution in [2.24, 2.45) is 5.92 Å². The maximum absolute atomic E-state index is 12.0. The van der Waals surface area contributed by atoms with Gasteiger partial charge in [-0.15, -0.1) is 0 Å². The molecule has 0 saturated carbocycles. The molecule has 1 rings (SSSR count). The van der Waals surface area contributed by atoms with Crippen LogP contribution in [0.1, 0.15) is 31.1 Å². The molecule has 0 fully saturated rings. The Bertz CT molecular complexity index is 506. The summed E-state index contributed by atoms with van der Waals surface area (Å²) in [5, 5.41) is 5.51. The molecule has 20 heavy (non-hydrogen) atoms. The molecule has 0 radical (unpaired) electrons. The van der Waals surface area contributed by atoms with Gasteiger partial charge < -0.3 is 10.6 Å². The SMILES string of the molecule is CC(C)CNC(=O)C(C)NC(=O)c1ccc(Cl)nc1Cl. The maximum Gasteiger partial charge on any atom is 0.255 e. The predicted octanol–water partition coefficient (Wildman–Crippen LogP) is 2.28. The van der Waals surface area contributed by atoms with Crippen molar-refractivity contribution < 1.29 is 9.59 Å². The van der Waals surface area contributed by atoms with Crippen molar-refractivity contribution in [2.75, 3.05) is 6.54 Å². The van der Waals surface area contributed by atoms with Crippen molar-refractivity contribution in [3.8, 4) is 0 Å². The van der Waals surface area contributed by atoms with E-state index in [1.54, 1.807) is 6.92 Å². The molecule has 0 spiro atoms. The standard InChI is InChI=1S/C13H17Cl2N3O2/c1-7(2)6-16-12(19)8(3)17-13(20)9-4-5-10(14)18-11(9)15/h4-5,7-8H,6H2,1-3H3,(H,16,19)(H,17,20). The van der Waals surface area contributed by atoms with Gasteiger partial charge in [-0.25, -0.2) is 4.98 Å². The lowest BCUT2D eigenvalue weighted by molar-refractivity contribution is -0.122. The van der Waals surface area contributed by atoms with Crippen LogP contribution < -0.4 is 10.6 Å². The predicted molar refractivity (Wildman–Crippen MR) is 79.0 cm³/mol. The molecule has 1 unspecified atom stereocenters. The average molecular weight is 318 g/mol. The molecule has 0 aliphatic rings. The molecule has 0 aliphatic carbocycles. The average Bonchev–Trinajstić information content (AvgIpc) is 2.35. The molecule has 1 aromatic heterocycles. The van der Waals surface area contributed by atoms with Crippen LogP contribution in [0.2, 0.25) is 10.3 Å². The van der Waals surface area contributed by atoms with Gasteiger partial charge in [-0.2, -0.15) is 0 Å². The van der Waals surface area contributed by atoms with Crippen LogP contribution in [0.4, 0.5) is 0 Å². The monoisotopic (exact) mass is 317 g/mol. The lowest BCUT2D eigenvalue weighted by Crippen LogP contribution is -2.45. The van der Waals surface area contributed by atoms with Gasteiger partial charge in [0.1, 0.15) is 16.3 Å². The van der Waals surface area contributed by atoms with Gasteiger partial charge in [0.05, 0.1) is 5.56 Å². The molecular weight excluding hydrogens is 301 g/mol. The summed E-state index contributed by atoms with van der Waals surface area (Å²) >= 11 is 11.5. The quantitative estimate of drug-likeness (QED) is 0.818. The Morgan fingerprint density at radius 2 is 1.90 bits per heavy atom. The first-order chi connectivity index (χ1) is 9.31. The number of amides is 2. The molecule has 0 aliphatic heterocycles. The largest absolute Gasteiger partial charge is 0.354 e. The second-order valence-electron chi connectivity index (χ2n) is 4.81.